The Balaban J connectivity index is 3.58. The third-order valence-corrected chi connectivity index (χ3v) is 6.87. The Morgan fingerprint density at radius 3 is 1.12 bits per heavy atom. The molecular weight excluding hydrogens is 115 g/mol. The summed E-state index contributed by atoms with van der Waals surface area (Å²) in [7, 11) is -0.412. The second-order valence-corrected chi connectivity index (χ2v) is 7.70. The number of hydrogen-bond donors (Lipinski definition) is 0. The summed E-state index contributed by atoms with van der Waals surface area (Å²) in [6, 6.07) is 0. The van der Waals surface area contributed by atoms with Gasteiger partial charge in [0.25, 0.3) is 0 Å². The molecule has 1 heteroatoms. The van der Waals surface area contributed by atoms with Gasteiger partial charge in [-0.1, -0.05) is 20.8 Å². The minimum absolute atomic E-state index is 0.412. The van der Waals surface area contributed by atoms with E-state index < -0.39 is 7.26 Å². The molecule has 0 nitrogen and oxygen atoms in total. The van der Waals surface area contributed by atoms with Gasteiger partial charge < -0.3 is 0 Å². The van der Waals surface area contributed by atoms with Crippen molar-refractivity contribution < 1.29 is 0 Å². The van der Waals surface area contributed by atoms with E-state index in [1.807, 2.05) is 0 Å². The SMILES string of the molecule is CC[P](C)(CC)CC. The molecule has 0 saturated carbocycles. The lowest BCUT2D eigenvalue weighted by Gasteiger charge is -2.27. The quantitative estimate of drug-likeness (QED) is 0.519. The van der Waals surface area contributed by atoms with Crippen LogP contribution < -0.4 is 0 Å². The summed E-state index contributed by atoms with van der Waals surface area (Å²) in [5.41, 5.74) is 0. The van der Waals surface area contributed by atoms with Crippen LogP contribution in [0.1, 0.15) is 20.8 Å². The minimum Gasteiger partial charge on any atom is -0.129 e. The van der Waals surface area contributed by atoms with Crippen LogP contribution in [0.2, 0.25) is 0 Å². The van der Waals surface area contributed by atoms with Crippen molar-refractivity contribution in [2.45, 2.75) is 20.8 Å². The first kappa shape index (κ1) is 8.43. The van der Waals surface area contributed by atoms with Gasteiger partial charge in [0.2, 0.25) is 0 Å². The van der Waals surface area contributed by atoms with Gasteiger partial charge in [-0.15, -0.1) is 7.26 Å². The zero-order chi connectivity index (χ0) is 6.62. The Morgan fingerprint density at radius 2 is 1.12 bits per heavy atom. The van der Waals surface area contributed by atoms with E-state index in [1.165, 1.54) is 18.5 Å². The fourth-order valence-corrected chi connectivity index (χ4v) is 2.01. The van der Waals surface area contributed by atoms with Crippen molar-refractivity contribution in [2.75, 3.05) is 25.2 Å². The average Bonchev–Trinajstić information content (AvgIpc) is 1.87. The summed E-state index contributed by atoms with van der Waals surface area (Å²) in [4.78, 5) is 0. The molecule has 0 aliphatic heterocycles. The minimum atomic E-state index is -0.412. The van der Waals surface area contributed by atoms with Gasteiger partial charge in [-0.2, -0.15) is 0 Å². The summed E-state index contributed by atoms with van der Waals surface area (Å²) in [5.74, 6) is 0. The average molecular weight is 133 g/mol. The van der Waals surface area contributed by atoms with Crippen LogP contribution in [0.5, 0.6) is 0 Å². The van der Waals surface area contributed by atoms with Crippen LogP contribution in [-0.4, -0.2) is 25.2 Å². The van der Waals surface area contributed by atoms with E-state index in [-0.39, 0.29) is 0 Å². The molecule has 0 rings (SSSR count). The van der Waals surface area contributed by atoms with Crippen LogP contribution in [0.15, 0.2) is 0 Å². The van der Waals surface area contributed by atoms with Gasteiger partial charge in [0.15, 0.2) is 0 Å². The molecule has 0 aliphatic carbocycles. The first-order valence-electron chi connectivity index (χ1n) is 3.52. The van der Waals surface area contributed by atoms with E-state index >= 15 is 0 Å². The second kappa shape index (κ2) is 3.45. The van der Waals surface area contributed by atoms with E-state index in [9.17, 15) is 0 Å². The molecule has 0 aromatic heterocycles. The van der Waals surface area contributed by atoms with Crippen LogP contribution in [0.4, 0.5) is 0 Å². The Morgan fingerprint density at radius 1 is 0.875 bits per heavy atom. The van der Waals surface area contributed by atoms with Gasteiger partial charge in [0.1, 0.15) is 0 Å². The standard InChI is InChI=1S/C7H18P/c1-5-8(4,6-2)7-3/h5-7H2,1-4H3. The van der Waals surface area contributed by atoms with Crippen LogP contribution in [0.25, 0.3) is 0 Å². The van der Waals surface area contributed by atoms with Gasteiger partial charge >= 0.3 is 0 Å². The second-order valence-electron chi connectivity index (χ2n) is 2.57. The Bertz CT molecular complexity index is 47.1. The molecule has 0 saturated heterocycles. The molecule has 0 unspecified atom stereocenters. The summed E-state index contributed by atoms with van der Waals surface area (Å²) in [6.07, 6.45) is 4.29. The largest absolute Gasteiger partial charge is 0.129 e. The molecular formula is C7H18P. The van der Waals surface area contributed by atoms with E-state index in [0.29, 0.717) is 0 Å². The topological polar surface area (TPSA) is 0 Å². The lowest BCUT2D eigenvalue weighted by molar-refractivity contribution is 1.31. The van der Waals surface area contributed by atoms with Crippen LogP contribution in [-0.2, 0) is 0 Å². The van der Waals surface area contributed by atoms with Gasteiger partial charge in [-0.05, 0) is 25.2 Å². The highest BCUT2D eigenvalue weighted by molar-refractivity contribution is 7.75. The van der Waals surface area contributed by atoms with Crippen molar-refractivity contribution in [3.63, 3.8) is 0 Å². The molecule has 0 spiro atoms. The fourth-order valence-electron chi connectivity index (χ4n) is 0.671. The molecule has 51 valence electrons. The zero-order valence-corrected chi connectivity index (χ0v) is 7.46. The first-order chi connectivity index (χ1) is 3.68. The molecule has 0 aromatic rings. The summed E-state index contributed by atoms with van der Waals surface area (Å²) in [6.45, 7) is 9.43. The number of hydrogen-bond acceptors (Lipinski definition) is 0. The number of rotatable bonds is 3. The van der Waals surface area contributed by atoms with Crippen molar-refractivity contribution in [3.8, 4) is 0 Å². The highest BCUT2D eigenvalue weighted by Crippen LogP contribution is 2.53. The summed E-state index contributed by atoms with van der Waals surface area (Å²) >= 11 is 0. The molecule has 0 bridgehead atoms. The first-order valence-corrected chi connectivity index (χ1v) is 6.31. The van der Waals surface area contributed by atoms with E-state index in [4.69, 9.17) is 0 Å². The van der Waals surface area contributed by atoms with Crippen molar-refractivity contribution in [1.82, 2.24) is 0 Å². The highest BCUT2D eigenvalue weighted by Gasteiger charge is 2.11. The predicted molar refractivity (Wildman–Crippen MR) is 44.5 cm³/mol. The van der Waals surface area contributed by atoms with Gasteiger partial charge in [0, 0.05) is 0 Å². The van der Waals surface area contributed by atoms with Crippen LogP contribution in [0, 0.1) is 0 Å². The monoisotopic (exact) mass is 133 g/mol. The van der Waals surface area contributed by atoms with Gasteiger partial charge in [-0.3, -0.25) is 0 Å². The zero-order valence-electron chi connectivity index (χ0n) is 6.57. The highest BCUT2D eigenvalue weighted by atomic mass is 31.2. The van der Waals surface area contributed by atoms with Gasteiger partial charge in [0.05, 0.1) is 0 Å². The normalized spacial score (nSPS) is 12.0. The molecule has 1 radical (unpaired) electrons. The van der Waals surface area contributed by atoms with Crippen molar-refractivity contribution >= 4 is 7.26 Å². The predicted octanol–water partition coefficient (Wildman–Crippen LogP) is 2.69. The molecule has 0 fully saturated rings. The maximum atomic E-state index is 2.47. The maximum absolute atomic E-state index is 2.47. The van der Waals surface area contributed by atoms with E-state index in [0.717, 1.165) is 0 Å². The summed E-state index contributed by atoms with van der Waals surface area (Å²) < 4.78 is 0. The lowest BCUT2D eigenvalue weighted by Crippen LogP contribution is -1.98. The molecule has 0 aliphatic rings. The third-order valence-electron chi connectivity index (χ3n) is 2.29. The smallest absolute Gasteiger partial charge is 0.0390 e. The molecule has 0 atom stereocenters. The molecule has 0 amide bonds. The van der Waals surface area contributed by atoms with E-state index in [2.05, 4.69) is 27.4 Å². The molecule has 0 heterocycles. The molecule has 8 heavy (non-hydrogen) atoms. The van der Waals surface area contributed by atoms with Crippen molar-refractivity contribution in [1.29, 1.82) is 0 Å². The third kappa shape index (κ3) is 2.13. The van der Waals surface area contributed by atoms with Crippen LogP contribution in [0.3, 0.4) is 0 Å². The molecule has 0 N–H and O–H groups in total. The van der Waals surface area contributed by atoms with Crippen molar-refractivity contribution in [2.24, 2.45) is 0 Å². The van der Waals surface area contributed by atoms with E-state index in [1.54, 1.807) is 0 Å². The Hall–Kier alpha value is 0.430. The van der Waals surface area contributed by atoms with Gasteiger partial charge in [-0.25, -0.2) is 0 Å². The summed E-state index contributed by atoms with van der Waals surface area (Å²) in [5, 5.41) is 0. The molecule has 0 aromatic carbocycles. The fraction of sp³-hybridized carbons (Fsp3) is 1.00. The lowest BCUT2D eigenvalue weighted by atomic mass is 10.9. The maximum Gasteiger partial charge on any atom is -0.0390 e. The Labute approximate surface area is 54.0 Å². The van der Waals surface area contributed by atoms with Crippen LogP contribution >= 0.6 is 7.26 Å². The Kier molecular flexibility index (Phi) is 3.64. The van der Waals surface area contributed by atoms with Crippen molar-refractivity contribution in [3.05, 3.63) is 0 Å².